The van der Waals surface area contributed by atoms with Gasteiger partial charge in [0, 0.05) is 29.2 Å². The van der Waals surface area contributed by atoms with E-state index < -0.39 is 23.1 Å². The largest absolute Gasteiger partial charge is 0.507 e. The average molecular weight is 462 g/mol. The van der Waals surface area contributed by atoms with Gasteiger partial charge in [-0.25, -0.2) is 0 Å². The maximum absolute atomic E-state index is 13.0. The van der Waals surface area contributed by atoms with Gasteiger partial charge >= 0.3 is 5.97 Å². The predicted molar refractivity (Wildman–Crippen MR) is 124 cm³/mol. The van der Waals surface area contributed by atoms with Crippen LogP contribution in [0.2, 0.25) is 0 Å². The molecule has 174 valence electrons. The molecule has 4 aromatic rings. The second-order valence-electron chi connectivity index (χ2n) is 7.64. The summed E-state index contributed by atoms with van der Waals surface area (Å²) in [5.74, 6) is -2.01. The van der Waals surface area contributed by atoms with Crippen molar-refractivity contribution in [3.05, 3.63) is 82.0 Å². The van der Waals surface area contributed by atoms with Gasteiger partial charge in [0.25, 0.3) is 0 Å². The van der Waals surface area contributed by atoms with Crippen molar-refractivity contribution in [2.45, 2.75) is 12.3 Å². The number of phenols is 3. The van der Waals surface area contributed by atoms with Crippen LogP contribution < -0.4 is 10.2 Å². The highest BCUT2D eigenvalue weighted by molar-refractivity contribution is 5.90. The lowest BCUT2D eigenvalue weighted by Gasteiger charge is -2.21. The van der Waals surface area contributed by atoms with Gasteiger partial charge in [-0.05, 0) is 17.7 Å². The first-order valence-electron chi connectivity index (χ1n) is 10.4. The molecule has 0 bridgehead atoms. The quantitative estimate of drug-likeness (QED) is 0.363. The number of carbonyl (C=O) groups excluding carboxylic acids is 1. The van der Waals surface area contributed by atoms with E-state index in [0.29, 0.717) is 11.1 Å². The fraction of sp³-hybridized carbons (Fsp3) is 0.154. The maximum Gasteiger partial charge on any atom is 0.306 e. The van der Waals surface area contributed by atoms with Crippen LogP contribution in [0.25, 0.3) is 22.3 Å². The van der Waals surface area contributed by atoms with Crippen LogP contribution in [-0.2, 0) is 9.53 Å². The number of benzene rings is 3. The van der Waals surface area contributed by atoms with Crippen molar-refractivity contribution in [1.29, 1.82) is 0 Å². The first kappa shape index (κ1) is 22.7. The summed E-state index contributed by atoms with van der Waals surface area (Å²) in [5.41, 5.74) is 0.630. The molecule has 0 amide bonds. The first-order chi connectivity index (χ1) is 16.3. The van der Waals surface area contributed by atoms with Crippen molar-refractivity contribution in [3.63, 3.8) is 0 Å². The predicted octanol–water partition coefficient (Wildman–Crippen LogP) is 4.28. The van der Waals surface area contributed by atoms with Crippen LogP contribution in [0.4, 0.5) is 0 Å². The van der Waals surface area contributed by atoms with E-state index in [0.717, 1.165) is 6.07 Å². The molecule has 0 spiro atoms. The number of methoxy groups -OCH3 is 2. The molecule has 0 aliphatic carbocycles. The third kappa shape index (κ3) is 4.13. The topological polar surface area (TPSA) is 126 Å². The Kier molecular flexibility index (Phi) is 6.14. The van der Waals surface area contributed by atoms with Crippen molar-refractivity contribution in [3.8, 4) is 34.3 Å². The summed E-state index contributed by atoms with van der Waals surface area (Å²) in [5, 5.41) is 31.2. The Morgan fingerprint density at radius 1 is 0.941 bits per heavy atom. The average Bonchev–Trinajstić information content (AvgIpc) is 2.83. The van der Waals surface area contributed by atoms with Crippen LogP contribution in [0, 0.1) is 0 Å². The molecule has 1 heterocycles. The number of ether oxygens (including phenoxy) is 2. The lowest BCUT2D eigenvalue weighted by molar-refractivity contribution is -0.140. The molecule has 3 aromatic carbocycles. The second kappa shape index (κ2) is 9.19. The van der Waals surface area contributed by atoms with E-state index in [1.54, 1.807) is 30.3 Å². The Morgan fingerprint density at radius 2 is 1.68 bits per heavy atom. The van der Waals surface area contributed by atoms with Gasteiger partial charge in [-0.15, -0.1) is 0 Å². The van der Waals surface area contributed by atoms with Gasteiger partial charge in [-0.2, -0.15) is 0 Å². The van der Waals surface area contributed by atoms with Crippen LogP contribution >= 0.6 is 0 Å². The standard InChI is InChI=1S/C26H22O8/c1-32-22-10-15(8-9-17(22)27)16(11-23(31)33-2)24-18(28)12-19(29)25-20(30)13-21(34-26(24)25)14-6-4-3-5-7-14/h3-10,12-13,16,27-29H,11H2,1-2H3/t16-/m1/s1. The zero-order valence-corrected chi connectivity index (χ0v) is 18.4. The molecule has 4 rings (SSSR count). The minimum Gasteiger partial charge on any atom is -0.507 e. The van der Waals surface area contributed by atoms with E-state index in [2.05, 4.69) is 0 Å². The van der Waals surface area contributed by atoms with Gasteiger partial charge in [0.05, 0.1) is 20.6 Å². The highest BCUT2D eigenvalue weighted by Crippen LogP contribution is 2.44. The summed E-state index contributed by atoms with van der Waals surface area (Å²) >= 11 is 0. The molecule has 8 heteroatoms. The van der Waals surface area contributed by atoms with E-state index in [1.165, 1.54) is 32.4 Å². The van der Waals surface area contributed by atoms with Crippen LogP contribution in [0.15, 0.2) is 69.9 Å². The van der Waals surface area contributed by atoms with E-state index >= 15 is 0 Å². The number of phenolic OH excluding ortho intramolecular Hbond substituents is 3. The Bertz CT molecular complexity index is 1420. The Morgan fingerprint density at radius 3 is 2.35 bits per heavy atom. The molecule has 0 aliphatic rings. The van der Waals surface area contributed by atoms with Gasteiger partial charge < -0.3 is 29.2 Å². The molecule has 0 saturated heterocycles. The summed E-state index contributed by atoms with van der Waals surface area (Å²) in [4.78, 5) is 25.3. The number of fused-ring (bicyclic) bond motifs is 1. The minimum absolute atomic E-state index is 0.0650. The second-order valence-corrected chi connectivity index (χ2v) is 7.64. The Balaban J connectivity index is 2.05. The van der Waals surface area contributed by atoms with Crippen molar-refractivity contribution in [1.82, 2.24) is 0 Å². The van der Waals surface area contributed by atoms with E-state index in [9.17, 15) is 24.9 Å². The normalized spacial score (nSPS) is 11.8. The Hall–Kier alpha value is -4.46. The molecular weight excluding hydrogens is 440 g/mol. The fourth-order valence-corrected chi connectivity index (χ4v) is 3.95. The van der Waals surface area contributed by atoms with Crippen molar-refractivity contribution < 1.29 is 34.0 Å². The zero-order valence-electron chi connectivity index (χ0n) is 18.4. The lowest BCUT2D eigenvalue weighted by atomic mass is 9.86. The van der Waals surface area contributed by atoms with Gasteiger partial charge in [0.1, 0.15) is 28.2 Å². The zero-order chi connectivity index (χ0) is 24.4. The molecule has 0 aliphatic heterocycles. The van der Waals surface area contributed by atoms with Crippen LogP contribution in [0.1, 0.15) is 23.5 Å². The molecule has 0 saturated carbocycles. The smallest absolute Gasteiger partial charge is 0.306 e. The third-order valence-electron chi connectivity index (χ3n) is 5.61. The number of aromatic hydroxyl groups is 3. The van der Waals surface area contributed by atoms with Crippen LogP contribution in [0.5, 0.6) is 23.0 Å². The number of carbonyl (C=O) groups is 1. The first-order valence-corrected chi connectivity index (χ1v) is 10.4. The molecule has 0 unspecified atom stereocenters. The molecule has 1 aromatic heterocycles. The minimum atomic E-state index is -0.862. The van der Waals surface area contributed by atoms with Gasteiger partial charge in [-0.3, -0.25) is 9.59 Å². The number of hydrogen-bond donors (Lipinski definition) is 3. The van der Waals surface area contributed by atoms with Gasteiger partial charge in [0.15, 0.2) is 16.9 Å². The summed E-state index contributed by atoms with van der Waals surface area (Å²) in [6.07, 6.45) is -0.225. The SMILES string of the molecule is COC(=O)C[C@H](c1ccc(O)c(OC)c1)c1c(O)cc(O)c2c(=O)cc(-c3ccccc3)oc12. The summed E-state index contributed by atoms with van der Waals surface area (Å²) in [6.45, 7) is 0. The summed E-state index contributed by atoms with van der Waals surface area (Å²) < 4.78 is 16.1. The van der Waals surface area contributed by atoms with Gasteiger partial charge in [-0.1, -0.05) is 36.4 Å². The highest BCUT2D eigenvalue weighted by atomic mass is 16.5. The van der Waals surface area contributed by atoms with Gasteiger partial charge in [0.2, 0.25) is 0 Å². The van der Waals surface area contributed by atoms with E-state index in [1.807, 2.05) is 6.07 Å². The molecule has 1 atom stereocenters. The fourth-order valence-electron chi connectivity index (χ4n) is 3.95. The molecule has 0 radical (unpaired) electrons. The molecule has 34 heavy (non-hydrogen) atoms. The maximum atomic E-state index is 13.0. The van der Waals surface area contributed by atoms with Crippen LogP contribution in [0.3, 0.4) is 0 Å². The van der Waals surface area contributed by atoms with E-state index in [4.69, 9.17) is 13.9 Å². The summed E-state index contributed by atoms with van der Waals surface area (Å²) in [7, 11) is 2.62. The number of rotatable bonds is 6. The molecule has 8 nitrogen and oxygen atoms in total. The number of hydrogen-bond acceptors (Lipinski definition) is 8. The molecule has 3 N–H and O–H groups in total. The van der Waals surface area contributed by atoms with Crippen molar-refractivity contribution in [2.24, 2.45) is 0 Å². The highest BCUT2D eigenvalue weighted by Gasteiger charge is 2.29. The molecule has 0 fully saturated rings. The number of esters is 1. The lowest BCUT2D eigenvalue weighted by Crippen LogP contribution is -2.12. The van der Waals surface area contributed by atoms with Crippen molar-refractivity contribution >= 4 is 16.9 Å². The van der Waals surface area contributed by atoms with E-state index in [-0.39, 0.29) is 46.0 Å². The van der Waals surface area contributed by atoms with Crippen LogP contribution in [-0.4, -0.2) is 35.5 Å². The molecular formula is C26H22O8. The Labute approximate surface area is 194 Å². The third-order valence-corrected chi connectivity index (χ3v) is 5.61. The summed E-state index contributed by atoms with van der Waals surface area (Å²) in [6, 6.07) is 15.7. The monoisotopic (exact) mass is 462 g/mol. The van der Waals surface area contributed by atoms with Crippen molar-refractivity contribution in [2.75, 3.05) is 14.2 Å².